The van der Waals surface area contributed by atoms with Gasteiger partial charge in [0.25, 0.3) is 5.91 Å². The van der Waals surface area contributed by atoms with Gasteiger partial charge in [-0.15, -0.1) is 11.8 Å². The monoisotopic (exact) mass is 480 g/mol. The van der Waals surface area contributed by atoms with Crippen molar-refractivity contribution in [2.45, 2.75) is 29.7 Å². The van der Waals surface area contributed by atoms with E-state index in [4.69, 9.17) is 14.2 Å². The third-order valence-electron chi connectivity index (χ3n) is 4.82. The highest BCUT2D eigenvalue weighted by atomic mass is 32.2. The SMILES string of the molecule is COc1cc(SC)ccc1C(=O)Nc1cc(S(=O)(=O)N2CCOCC2)ccc1OC(C)C. The number of hydrogen-bond donors (Lipinski definition) is 1. The predicted molar refractivity (Wildman–Crippen MR) is 125 cm³/mol. The Labute approximate surface area is 193 Å². The van der Waals surface area contributed by atoms with Gasteiger partial charge in [-0.25, -0.2) is 8.42 Å². The Morgan fingerprint density at radius 3 is 2.47 bits per heavy atom. The van der Waals surface area contributed by atoms with Crippen LogP contribution in [-0.4, -0.2) is 64.4 Å². The molecule has 1 N–H and O–H groups in total. The predicted octanol–water partition coefficient (Wildman–Crippen LogP) is 3.48. The second-order valence-electron chi connectivity index (χ2n) is 7.36. The number of hydrogen-bond acceptors (Lipinski definition) is 7. The molecule has 8 nitrogen and oxygen atoms in total. The zero-order valence-corrected chi connectivity index (χ0v) is 20.2. The van der Waals surface area contributed by atoms with Crippen LogP contribution in [0.15, 0.2) is 46.2 Å². The summed E-state index contributed by atoms with van der Waals surface area (Å²) in [5.74, 6) is 0.385. The number of sulfonamides is 1. The van der Waals surface area contributed by atoms with E-state index in [2.05, 4.69) is 5.32 Å². The van der Waals surface area contributed by atoms with Crippen LogP contribution in [0.5, 0.6) is 11.5 Å². The summed E-state index contributed by atoms with van der Waals surface area (Å²) < 4.78 is 44.0. The lowest BCUT2D eigenvalue weighted by Crippen LogP contribution is -2.40. The molecule has 10 heteroatoms. The molecule has 0 atom stereocenters. The summed E-state index contributed by atoms with van der Waals surface area (Å²) >= 11 is 1.54. The Kier molecular flexibility index (Phi) is 8.05. The first-order valence-electron chi connectivity index (χ1n) is 10.2. The molecule has 1 heterocycles. The Morgan fingerprint density at radius 2 is 1.84 bits per heavy atom. The van der Waals surface area contributed by atoms with Gasteiger partial charge < -0.3 is 19.5 Å². The van der Waals surface area contributed by atoms with Crippen molar-refractivity contribution in [1.29, 1.82) is 0 Å². The Morgan fingerprint density at radius 1 is 1.12 bits per heavy atom. The van der Waals surface area contributed by atoms with Crippen LogP contribution < -0.4 is 14.8 Å². The van der Waals surface area contributed by atoms with E-state index in [1.165, 1.54) is 35.3 Å². The standard InChI is InChI=1S/C22H28N2O6S2/c1-15(2)30-20-8-6-17(32(26,27)24-9-11-29-12-10-24)14-19(20)23-22(25)18-7-5-16(31-4)13-21(18)28-3/h5-8,13-15H,9-12H2,1-4H3,(H,23,25). The van der Waals surface area contributed by atoms with Gasteiger partial charge in [0, 0.05) is 18.0 Å². The number of methoxy groups -OCH3 is 1. The van der Waals surface area contributed by atoms with Crippen molar-refractivity contribution in [3.05, 3.63) is 42.0 Å². The van der Waals surface area contributed by atoms with Crippen LogP contribution in [0.3, 0.4) is 0 Å². The minimum Gasteiger partial charge on any atom is -0.496 e. The minimum atomic E-state index is -3.73. The maximum Gasteiger partial charge on any atom is 0.259 e. The van der Waals surface area contributed by atoms with Crippen LogP contribution in [0, 0.1) is 0 Å². The number of carbonyl (C=O) groups is 1. The van der Waals surface area contributed by atoms with E-state index in [1.54, 1.807) is 18.2 Å². The van der Waals surface area contributed by atoms with Crippen molar-refractivity contribution in [2.75, 3.05) is 45.0 Å². The molecule has 1 fully saturated rings. The van der Waals surface area contributed by atoms with E-state index in [0.29, 0.717) is 30.3 Å². The van der Waals surface area contributed by atoms with Crippen LogP contribution in [0.25, 0.3) is 0 Å². The molecule has 0 unspecified atom stereocenters. The van der Waals surface area contributed by atoms with Gasteiger partial charge in [0.2, 0.25) is 10.0 Å². The number of benzene rings is 2. The highest BCUT2D eigenvalue weighted by Gasteiger charge is 2.27. The summed E-state index contributed by atoms with van der Waals surface area (Å²) in [7, 11) is -2.23. The van der Waals surface area contributed by atoms with Crippen molar-refractivity contribution in [1.82, 2.24) is 4.31 Å². The van der Waals surface area contributed by atoms with Gasteiger partial charge in [0.05, 0.1) is 42.6 Å². The first-order valence-corrected chi connectivity index (χ1v) is 12.8. The number of carbonyl (C=O) groups excluding carboxylic acids is 1. The highest BCUT2D eigenvalue weighted by molar-refractivity contribution is 7.98. The molecule has 0 spiro atoms. The molecule has 1 amide bonds. The van der Waals surface area contributed by atoms with Crippen molar-refractivity contribution in [2.24, 2.45) is 0 Å². The molecular weight excluding hydrogens is 452 g/mol. The molecule has 3 rings (SSSR count). The van der Waals surface area contributed by atoms with E-state index in [0.717, 1.165) is 4.90 Å². The van der Waals surface area contributed by atoms with Crippen LogP contribution in [-0.2, 0) is 14.8 Å². The second-order valence-corrected chi connectivity index (χ2v) is 10.2. The molecule has 0 radical (unpaired) electrons. The van der Waals surface area contributed by atoms with Crippen LogP contribution in [0.4, 0.5) is 5.69 Å². The average molecular weight is 481 g/mol. The molecule has 0 saturated carbocycles. The van der Waals surface area contributed by atoms with E-state index < -0.39 is 15.9 Å². The van der Waals surface area contributed by atoms with Crippen LogP contribution in [0.2, 0.25) is 0 Å². The topological polar surface area (TPSA) is 94.2 Å². The molecule has 0 aliphatic carbocycles. The van der Waals surface area contributed by atoms with Gasteiger partial charge in [0.1, 0.15) is 11.5 Å². The summed E-state index contributed by atoms with van der Waals surface area (Å²) in [6.07, 6.45) is 1.77. The summed E-state index contributed by atoms with van der Waals surface area (Å²) in [5, 5.41) is 2.80. The largest absolute Gasteiger partial charge is 0.496 e. The summed E-state index contributed by atoms with van der Waals surface area (Å²) in [6.45, 7) is 4.98. The molecule has 1 aliphatic rings. The zero-order chi connectivity index (χ0) is 23.3. The number of morpholine rings is 1. The van der Waals surface area contributed by atoms with E-state index in [1.807, 2.05) is 26.2 Å². The van der Waals surface area contributed by atoms with Gasteiger partial charge in [-0.3, -0.25) is 4.79 Å². The van der Waals surface area contributed by atoms with Crippen molar-refractivity contribution in [3.63, 3.8) is 0 Å². The number of nitrogens with one attached hydrogen (secondary N) is 1. The molecule has 32 heavy (non-hydrogen) atoms. The summed E-state index contributed by atoms with van der Waals surface area (Å²) in [4.78, 5) is 14.1. The number of thioether (sulfide) groups is 1. The molecule has 0 aromatic heterocycles. The number of rotatable bonds is 8. The van der Waals surface area contributed by atoms with Gasteiger partial charge in [-0.1, -0.05) is 0 Å². The second kappa shape index (κ2) is 10.6. The van der Waals surface area contributed by atoms with Crippen molar-refractivity contribution in [3.8, 4) is 11.5 Å². The Bertz CT molecular complexity index is 1070. The lowest BCUT2D eigenvalue weighted by atomic mass is 10.1. The minimum absolute atomic E-state index is 0.0792. The highest BCUT2D eigenvalue weighted by Crippen LogP contribution is 2.32. The Balaban J connectivity index is 1.96. The summed E-state index contributed by atoms with van der Waals surface area (Å²) in [6, 6.07) is 9.78. The quantitative estimate of drug-likeness (QED) is 0.578. The smallest absolute Gasteiger partial charge is 0.259 e. The van der Waals surface area contributed by atoms with Gasteiger partial charge in [0.15, 0.2) is 0 Å². The fraction of sp³-hybridized carbons (Fsp3) is 0.409. The summed E-state index contributed by atoms with van der Waals surface area (Å²) in [5.41, 5.74) is 0.608. The van der Waals surface area contributed by atoms with Gasteiger partial charge >= 0.3 is 0 Å². The molecule has 1 aliphatic heterocycles. The first kappa shape index (κ1) is 24.4. The Hall–Kier alpha value is -2.27. The number of amides is 1. The van der Waals surface area contributed by atoms with Gasteiger partial charge in [-0.05, 0) is 56.5 Å². The normalized spacial score (nSPS) is 14.9. The van der Waals surface area contributed by atoms with Crippen molar-refractivity contribution < 1.29 is 27.4 Å². The van der Waals surface area contributed by atoms with E-state index >= 15 is 0 Å². The van der Waals surface area contributed by atoms with Crippen LogP contribution in [0.1, 0.15) is 24.2 Å². The molecule has 2 aromatic carbocycles. The molecular formula is C22H28N2O6S2. The lowest BCUT2D eigenvalue weighted by Gasteiger charge is -2.26. The lowest BCUT2D eigenvalue weighted by molar-refractivity contribution is 0.0730. The third kappa shape index (κ3) is 5.55. The molecule has 174 valence electrons. The number of ether oxygens (including phenoxy) is 3. The molecule has 2 aromatic rings. The fourth-order valence-electron chi connectivity index (χ4n) is 3.24. The third-order valence-corrected chi connectivity index (χ3v) is 7.44. The maximum absolute atomic E-state index is 13.1. The maximum atomic E-state index is 13.1. The molecule has 1 saturated heterocycles. The fourth-order valence-corrected chi connectivity index (χ4v) is 5.10. The van der Waals surface area contributed by atoms with Crippen molar-refractivity contribution >= 4 is 33.4 Å². The zero-order valence-electron chi connectivity index (χ0n) is 18.6. The van der Waals surface area contributed by atoms with Crippen LogP contribution >= 0.6 is 11.8 Å². The van der Waals surface area contributed by atoms with E-state index in [-0.39, 0.29) is 29.8 Å². The van der Waals surface area contributed by atoms with E-state index in [9.17, 15) is 13.2 Å². The number of anilines is 1. The average Bonchev–Trinajstić information content (AvgIpc) is 2.79. The first-order chi connectivity index (χ1) is 15.3. The number of nitrogens with zero attached hydrogens (tertiary/aromatic N) is 1. The molecule has 0 bridgehead atoms. The van der Waals surface area contributed by atoms with Gasteiger partial charge in [-0.2, -0.15) is 4.31 Å².